The van der Waals surface area contributed by atoms with Gasteiger partial charge in [-0.25, -0.2) is 9.67 Å². The van der Waals surface area contributed by atoms with Crippen molar-refractivity contribution in [3.63, 3.8) is 0 Å². The molecule has 2 aliphatic rings. The van der Waals surface area contributed by atoms with Gasteiger partial charge in [0.25, 0.3) is 5.91 Å². The first-order chi connectivity index (χ1) is 19.1. The summed E-state index contributed by atoms with van der Waals surface area (Å²) in [6.07, 6.45) is 3.08. The number of piperidine rings is 1. The van der Waals surface area contributed by atoms with E-state index in [0.29, 0.717) is 54.8 Å². The lowest BCUT2D eigenvalue weighted by molar-refractivity contribution is -0.119. The molecule has 2 aromatic heterocycles. The highest BCUT2D eigenvalue weighted by molar-refractivity contribution is 6.08. The fourth-order valence-electron chi connectivity index (χ4n) is 5.19. The van der Waals surface area contributed by atoms with Crippen molar-refractivity contribution in [1.29, 1.82) is 0 Å². The lowest BCUT2D eigenvalue weighted by Crippen LogP contribution is -2.39. The maximum atomic E-state index is 14.0. The molecule has 39 heavy (non-hydrogen) atoms. The summed E-state index contributed by atoms with van der Waals surface area (Å²) in [5.74, 6) is 1.68. The van der Waals surface area contributed by atoms with Crippen LogP contribution in [-0.4, -0.2) is 64.1 Å². The van der Waals surface area contributed by atoms with Gasteiger partial charge in [0.1, 0.15) is 23.7 Å². The second-order valence-corrected chi connectivity index (χ2v) is 9.55. The Bertz CT molecular complexity index is 1510. The third kappa shape index (κ3) is 4.54. The number of carbonyl (C=O) groups excluding carboxylic acids is 2. The van der Waals surface area contributed by atoms with E-state index >= 15 is 0 Å². The quantitative estimate of drug-likeness (QED) is 0.391. The molecular weight excluding hydrogens is 498 g/mol. The largest absolute Gasteiger partial charge is 0.497 e. The molecule has 6 rings (SSSR count). The number of ether oxygens (including phenoxy) is 2. The molecule has 11 heteroatoms. The molecule has 1 fully saturated rings. The Morgan fingerprint density at radius 1 is 0.872 bits per heavy atom. The van der Waals surface area contributed by atoms with Crippen molar-refractivity contribution in [1.82, 2.24) is 25.0 Å². The van der Waals surface area contributed by atoms with E-state index in [4.69, 9.17) is 14.6 Å². The van der Waals surface area contributed by atoms with Gasteiger partial charge in [-0.15, -0.1) is 0 Å². The highest BCUT2D eigenvalue weighted by Gasteiger charge is 2.35. The number of hydrogen-bond acceptors (Lipinski definition) is 7. The standard InChI is InChI=1S/C28H29N7O4/c1-38-17-23-29-27(31-30-23)25-22-14-16-34(19-8-6-18(7-9-19)33-15-4-3-5-24(33)36)28(37)26(22)35(32-25)20-10-12-21(39-2)13-11-20/h6-13H,3-5,14-17H2,1-2H3,(H,29,30,31). The number of carbonyl (C=O) groups is 2. The molecule has 4 aromatic rings. The highest BCUT2D eigenvalue weighted by atomic mass is 16.5. The first kappa shape index (κ1) is 24.8. The molecule has 0 unspecified atom stereocenters. The summed E-state index contributed by atoms with van der Waals surface area (Å²) in [4.78, 5) is 34.5. The van der Waals surface area contributed by atoms with Crippen LogP contribution in [0.1, 0.15) is 41.1 Å². The van der Waals surface area contributed by atoms with E-state index < -0.39 is 0 Å². The number of methoxy groups -OCH3 is 2. The topological polar surface area (TPSA) is 118 Å². The number of benzene rings is 2. The average molecular weight is 528 g/mol. The Balaban J connectivity index is 1.37. The lowest BCUT2D eigenvalue weighted by Gasteiger charge is -2.29. The summed E-state index contributed by atoms with van der Waals surface area (Å²) >= 11 is 0. The minimum atomic E-state index is -0.166. The summed E-state index contributed by atoms with van der Waals surface area (Å²) in [6, 6.07) is 15.0. The maximum Gasteiger partial charge on any atom is 0.277 e. The molecule has 2 aliphatic heterocycles. The summed E-state index contributed by atoms with van der Waals surface area (Å²) in [5, 5.41) is 12.0. The molecule has 0 spiro atoms. The molecule has 11 nitrogen and oxygen atoms in total. The SMILES string of the molecule is COCc1nc(-c2nn(-c3ccc(OC)cc3)c3c2CCN(c2ccc(N4CCCCC4=O)cc2)C3=O)n[nH]1. The van der Waals surface area contributed by atoms with E-state index in [1.54, 1.807) is 23.8 Å². The van der Waals surface area contributed by atoms with Crippen molar-refractivity contribution in [2.24, 2.45) is 0 Å². The summed E-state index contributed by atoms with van der Waals surface area (Å²) in [7, 11) is 3.20. The Kier molecular flexibility index (Phi) is 6.57. The number of rotatable bonds is 7. The van der Waals surface area contributed by atoms with Crippen LogP contribution in [0.25, 0.3) is 17.2 Å². The van der Waals surface area contributed by atoms with Gasteiger partial charge in [-0.1, -0.05) is 0 Å². The molecule has 2 amide bonds. The second-order valence-electron chi connectivity index (χ2n) is 9.55. The number of nitrogens with one attached hydrogen (secondary N) is 1. The molecule has 0 bridgehead atoms. The van der Waals surface area contributed by atoms with E-state index in [0.717, 1.165) is 42.0 Å². The van der Waals surface area contributed by atoms with Crippen LogP contribution < -0.4 is 14.5 Å². The predicted octanol–water partition coefficient (Wildman–Crippen LogP) is 3.53. The third-order valence-corrected chi connectivity index (χ3v) is 7.15. The molecular formula is C28H29N7O4. The van der Waals surface area contributed by atoms with Crippen LogP contribution in [0.15, 0.2) is 48.5 Å². The molecule has 1 N–H and O–H groups in total. The molecule has 2 aromatic carbocycles. The van der Waals surface area contributed by atoms with Gasteiger partial charge in [0.05, 0.1) is 12.8 Å². The van der Waals surface area contributed by atoms with E-state index in [9.17, 15) is 9.59 Å². The van der Waals surface area contributed by atoms with Crippen molar-refractivity contribution in [3.8, 4) is 23.0 Å². The molecule has 0 atom stereocenters. The Labute approximate surface area is 225 Å². The molecule has 1 saturated heterocycles. The Morgan fingerprint density at radius 2 is 1.59 bits per heavy atom. The van der Waals surface area contributed by atoms with Gasteiger partial charge in [0, 0.05) is 43.6 Å². The van der Waals surface area contributed by atoms with Gasteiger partial charge in [0.2, 0.25) is 11.7 Å². The highest BCUT2D eigenvalue weighted by Crippen LogP contribution is 2.33. The first-order valence-electron chi connectivity index (χ1n) is 13.0. The normalized spacial score (nSPS) is 15.5. The van der Waals surface area contributed by atoms with Crippen molar-refractivity contribution in [2.45, 2.75) is 32.3 Å². The minimum absolute atomic E-state index is 0.143. The zero-order chi connectivity index (χ0) is 26.9. The maximum absolute atomic E-state index is 14.0. The number of hydrogen-bond donors (Lipinski definition) is 1. The third-order valence-electron chi connectivity index (χ3n) is 7.15. The summed E-state index contributed by atoms with van der Waals surface area (Å²) in [5.41, 5.74) is 4.17. The van der Waals surface area contributed by atoms with E-state index in [-0.39, 0.29) is 11.8 Å². The predicted molar refractivity (Wildman–Crippen MR) is 144 cm³/mol. The number of nitrogens with zero attached hydrogens (tertiary/aromatic N) is 6. The van der Waals surface area contributed by atoms with E-state index in [1.807, 2.05) is 53.4 Å². The number of H-pyrrole nitrogens is 1. The van der Waals surface area contributed by atoms with Gasteiger partial charge in [-0.05, 0) is 67.8 Å². The Morgan fingerprint density at radius 3 is 2.28 bits per heavy atom. The zero-order valence-corrected chi connectivity index (χ0v) is 21.9. The zero-order valence-electron chi connectivity index (χ0n) is 21.9. The Hall–Kier alpha value is -4.51. The molecule has 4 heterocycles. The smallest absolute Gasteiger partial charge is 0.277 e. The number of fused-ring (bicyclic) bond motifs is 1. The summed E-state index contributed by atoms with van der Waals surface area (Å²) < 4.78 is 12.1. The van der Waals surface area contributed by atoms with Crippen LogP contribution in [0.5, 0.6) is 5.75 Å². The van der Waals surface area contributed by atoms with E-state index in [2.05, 4.69) is 15.2 Å². The summed E-state index contributed by atoms with van der Waals surface area (Å²) in [6.45, 7) is 1.49. The van der Waals surface area contributed by atoms with Crippen LogP contribution in [-0.2, 0) is 22.6 Å². The first-order valence-corrected chi connectivity index (χ1v) is 13.0. The number of aromatic nitrogens is 5. The van der Waals surface area contributed by atoms with Crippen LogP contribution in [0.4, 0.5) is 11.4 Å². The van der Waals surface area contributed by atoms with Crippen molar-refractivity contribution >= 4 is 23.2 Å². The van der Waals surface area contributed by atoms with Crippen LogP contribution >= 0.6 is 0 Å². The molecule has 0 saturated carbocycles. The van der Waals surface area contributed by atoms with Gasteiger partial charge < -0.3 is 19.3 Å². The van der Waals surface area contributed by atoms with Gasteiger partial charge in [-0.3, -0.25) is 14.7 Å². The number of anilines is 2. The van der Waals surface area contributed by atoms with Crippen molar-refractivity contribution in [3.05, 3.63) is 65.6 Å². The van der Waals surface area contributed by atoms with Crippen molar-refractivity contribution in [2.75, 3.05) is 37.1 Å². The fourth-order valence-corrected chi connectivity index (χ4v) is 5.19. The van der Waals surface area contributed by atoms with Gasteiger partial charge >= 0.3 is 0 Å². The number of aromatic amines is 1. The van der Waals surface area contributed by atoms with Crippen LogP contribution in [0, 0.1) is 0 Å². The minimum Gasteiger partial charge on any atom is -0.497 e. The molecule has 0 radical (unpaired) electrons. The van der Waals surface area contributed by atoms with E-state index in [1.165, 1.54) is 0 Å². The lowest BCUT2D eigenvalue weighted by atomic mass is 10.0. The second kappa shape index (κ2) is 10.3. The molecule has 0 aliphatic carbocycles. The van der Waals surface area contributed by atoms with Crippen LogP contribution in [0.2, 0.25) is 0 Å². The number of amides is 2. The fraction of sp³-hybridized carbons (Fsp3) is 0.321. The average Bonchev–Trinajstić information content (AvgIpc) is 3.59. The van der Waals surface area contributed by atoms with Gasteiger partial charge in [-0.2, -0.15) is 10.2 Å². The molecule has 200 valence electrons. The van der Waals surface area contributed by atoms with Gasteiger partial charge in [0.15, 0.2) is 5.82 Å². The van der Waals surface area contributed by atoms with Crippen LogP contribution in [0.3, 0.4) is 0 Å². The van der Waals surface area contributed by atoms with Crippen molar-refractivity contribution < 1.29 is 19.1 Å². The monoisotopic (exact) mass is 527 g/mol.